The minimum Gasteiger partial charge on any atom is -0.493 e. The Balaban J connectivity index is 1.73. The van der Waals surface area contributed by atoms with Crippen LogP contribution in [-0.4, -0.2) is 29.9 Å². The first kappa shape index (κ1) is 20.2. The fourth-order valence-corrected chi connectivity index (χ4v) is 3.71. The van der Waals surface area contributed by atoms with Crippen molar-refractivity contribution in [3.05, 3.63) is 58.0 Å². The van der Waals surface area contributed by atoms with Crippen molar-refractivity contribution in [3.8, 4) is 11.5 Å². The Hall–Kier alpha value is -2.55. The van der Waals surface area contributed by atoms with Gasteiger partial charge in [0.25, 0.3) is 11.8 Å². The molecule has 1 fully saturated rings. The average molecular weight is 435 g/mol. The van der Waals surface area contributed by atoms with Crippen molar-refractivity contribution in [3.63, 3.8) is 0 Å². The molecule has 1 aliphatic rings. The monoisotopic (exact) mass is 434 g/mol. The van der Waals surface area contributed by atoms with Crippen molar-refractivity contribution in [1.82, 2.24) is 5.32 Å². The second kappa shape index (κ2) is 9.09. The van der Waals surface area contributed by atoms with Gasteiger partial charge in [0.1, 0.15) is 4.32 Å². The van der Waals surface area contributed by atoms with Gasteiger partial charge in [-0.2, -0.15) is 0 Å². The van der Waals surface area contributed by atoms with Crippen molar-refractivity contribution < 1.29 is 19.1 Å². The van der Waals surface area contributed by atoms with E-state index in [0.29, 0.717) is 26.2 Å². The number of rotatable bonds is 6. The quantitative estimate of drug-likeness (QED) is 0.531. The third-order valence-corrected chi connectivity index (χ3v) is 5.04. The summed E-state index contributed by atoms with van der Waals surface area (Å²) in [5, 5.41) is 5.52. The van der Waals surface area contributed by atoms with Crippen LogP contribution in [0.15, 0.2) is 47.4 Å². The molecule has 2 aromatic carbocycles. The fourth-order valence-electron chi connectivity index (χ4n) is 2.39. The zero-order chi connectivity index (χ0) is 20.1. The topological polar surface area (TPSA) is 76.7 Å². The molecule has 2 N–H and O–H groups in total. The first-order valence-electron chi connectivity index (χ1n) is 8.06. The van der Waals surface area contributed by atoms with Crippen LogP contribution < -0.4 is 20.1 Å². The van der Waals surface area contributed by atoms with Gasteiger partial charge in [-0.3, -0.25) is 9.59 Å². The normalized spacial score (nSPS) is 14.7. The molecule has 144 valence electrons. The number of hydrogen-bond donors (Lipinski definition) is 2. The SMILES string of the molecule is COc1cc(/C=C2\SC(=S)NC2=O)cc(Cl)c1OCC(=O)Nc1ccccc1. The van der Waals surface area contributed by atoms with E-state index in [1.807, 2.05) is 18.2 Å². The molecule has 0 atom stereocenters. The van der Waals surface area contributed by atoms with Crippen LogP contribution in [-0.2, 0) is 9.59 Å². The number of nitrogens with one attached hydrogen (secondary N) is 2. The molecule has 0 spiro atoms. The number of carbonyl (C=O) groups is 2. The standard InChI is InChI=1S/C19H15ClN2O4S2/c1-25-14-8-11(9-15-18(24)22-19(27)28-15)7-13(20)17(14)26-10-16(23)21-12-5-3-2-4-6-12/h2-9H,10H2,1H3,(H,21,23)(H,22,24,27)/b15-9-. The molecule has 0 saturated carbocycles. The number of ether oxygens (including phenoxy) is 2. The van der Waals surface area contributed by atoms with Gasteiger partial charge in [-0.05, 0) is 35.9 Å². The van der Waals surface area contributed by atoms with Gasteiger partial charge >= 0.3 is 0 Å². The van der Waals surface area contributed by atoms with Crippen molar-refractivity contribution in [1.29, 1.82) is 0 Å². The van der Waals surface area contributed by atoms with Crippen LogP contribution in [0.2, 0.25) is 5.02 Å². The van der Waals surface area contributed by atoms with E-state index in [-0.39, 0.29) is 29.2 Å². The molecule has 0 aromatic heterocycles. The molecule has 0 bridgehead atoms. The maximum absolute atomic E-state index is 12.1. The summed E-state index contributed by atoms with van der Waals surface area (Å²) < 4.78 is 11.3. The number of para-hydroxylation sites is 1. The number of anilines is 1. The van der Waals surface area contributed by atoms with Gasteiger partial charge in [0.05, 0.1) is 17.0 Å². The maximum atomic E-state index is 12.1. The van der Waals surface area contributed by atoms with Crippen LogP contribution in [0.1, 0.15) is 5.56 Å². The second-order valence-corrected chi connectivity index (χ2v) is 7.72. The van der Waals surface area contributed by atoms with E-state index in [0.717, 1.165) is 0 Å². The Morgan fingerprint density at radius 2 is 2.07 bits per heavy atom. The van der Waals surface area contributed by atoms with Gasteiger partial charge in [-0.1, -0.05) is 53.8 Å². The molecule has 28 heavy (non-hydrogen) atoms. The van der Waals surface area contributed by atoms with Crippen molar-refractivity contribution in [2.45, 2.75) is 0 Å². The predicted molar refractivity (Wildman–Crippen MR) is 115 cm³/mol. The first-order valence-corrected chi connectivity index (χ1v) is 9.66. The van der Waals surface area contributed by atoms with Gasteiger partial charge in [0.15, 0.2) is 18.1 Å². The number of benzene rings is 2. The summed E-state index contributed by atoms with van der Waals surface area (Å²) in [6.45, 7) is -0.238. The van der Waals surface area contributed by atoms with Crippen LogP contribution in [0.25, 0.3) is 6.08 Å². The molecule has 1 heterocycles. The molecular formula is C19H15ClN2O4S2. The molecule has 0 radical (unpaired) electrons. The highest BCUT2D eigenvalue weighted by molar-refractivity contribution is 8.26. The van der Waals surface area contributed by atoms with Gasteiger partial charge in [0, 0.05) is 5.69 Å². The minimum atomic E-state index is -0.331. The third-order valence-electron chi connectivity index (χ3n) is 3.60. The lowest BCUT2D eigenvalue weighted by Crippen LogP contribution is -2.20. The number of thioether (sulfide) groups is 1. The van der Waals surface area contributed by atoms with E-state index in [1.165, 1.54) is 18.9 Å². The van der Waals surface area contributed by atoms with Gasteiger partial charge < -0.3 is 20.1 Å². The third kappa shape index (κ3) is 5.03. The summed E-state index contributed by atoms with van der Waals surface area (Å²) in [6, 6.07) is 12.3. The zero-order valence-electron chi connectivity index (χ0n) is 14.7. The van der Waals surface area contributed by atoms with Gasteiger partial charge in [-0.15, -0.1) is 0 Å². The molecular weight excluding hydrogens is 420 g/mol. The molecule has 6 nitrogen and oxygen atoms in total. The minimum absolute atomic E-state index is 0.238. The maximum Gasteiger partial charge on any atom is 0.263 e. The van der Waals surface area contributed by atoms with E-state index in [9.17, 15) is 9.59 Å². The Bertz CT molecular complexity index is 964. The highest BCUT2D eigenvalue weighted by Crippen LogP contribution is 2.38. The Morgan fingerprint density at radius 3 is 2.71 bits per heavy atom. The summed E-state index contributed by atoms with van der Waals surface area (Å²) in [4.78, 5) is 24.3. The lowest BCUT2D eigenvalue weighted by molar-refractivity contribution is -0.118. The molecule has 2 aromatic rings. The first-order chi connectivity index (χ1) is 13.5. The van der Waals surface area contributed by atoms with Crippen LogP contribution in [0.4, 0.5) is 5.69 Å². The van der Waals surface area contributed by atoms with Crippen LogP contribution in [0.5, 0.6) is 11.5 Å². The highest BCUT2D eigenvalue weighted by Gasteiger charge is 2.22. The van der Waals surface area contributed by atoms with E-state index >= 15 is 0 Å². The second-order valence-electron chi connectivity index (χ2n) is 5.59. The average Bonchev–Trinajstić information content (AvgIpc) is 2.98. The van der Waals surface area contributed by atoms with Crippen molar-refractivity contribution in [2.75, 3.05) is 19.0 Å². The lowest BCUT2D eigenvalue weighted by Gasteiger charge is -2.13. The summed E-state index contributed by atoms with van der Waals surface area (Å²) in [5.74, 6) is -0.00234. The molecule has 1 saturated heterocycles. The van der Waals surface area contributed by atoms with Crippen molar-refractivity contribution >= 4 is 63.5 Å². The van der Waals surface area contributed by atoms with Crippen LogP contribution in [0, 0.1) is 0 Å². The van der Waals surface area contributed by atoms with E-state index in [2.05, 4.69) is 10.6 Å². The van der Waals surface area contributed by atoms with E-state index in [4.69, 9.17) is 33.3 Å². The molecule has 2 amide bonds. The Kier molecular flexibility index (Phi) is 6.56. The van der Waals surface area contributed by atoms with Gasteiger partial charge in [0.2, 0.25) is 0 Å². The molecule has 3 rings (SSSR count). The lowest BCUT2D eigenvalue weighted by atomic mass is 10.2. The Labute approximate surface area is 176 Å². The van der Waals surface area contributed by atoms with Crippen LogP contribution in [0.3, 0.4) is 0 Å². The number of methoxy groups -OCH3 is 1. The number of hydrogen-bond acceptors (Lipinski definition) is 6. The van der Waals surface area contributed by atoms with E-state index in [1.54, 1.807) is 30.3 Å². The molecule has 1 aliphatic heterocycles. The zero-order valence-corrected chi connectivity index (χ0v) is 17.0. The van der Waals surface area contributed by atoms with Crippen LogP contribution >= 0.6 is 35.6 Å². The summed E-state index contributed by atoms with van der Waals surface area (Å²) in [6.07, 6.45) is 1.65. The summed E-state index contributed by atoms with van der Waals surface area (Å²) >= 11 is 12.5. The van der Waals surface area contributed by atoms with Crippen molar-refractivity contribution in [2.24, 2.45) is 0 Å². The predicted octanol–water partition coefficient (Wildman–Crippen LogP) is 3.85. The Morgan fingerprint density at radius 1 is 1.32 bits per heavy atom. The largest absolute Gasteiger partial charge is 0.493 e. The van der Waals surface area contributed by atoms with E-state index < -0.39 is 0 Å². The molecule has 0 unspecified atom stereocenters. The number of carbonyl (C=O) groups excluding carboxylic acids is 2. The number of thiocarbonyl (C=S) groups is 1. The number of amides is 2. The highest BCUT2D eigenvalue weighted by atomic mass is 35.5. The molecule has 9 heteroatoms. The number of halogens is 1. The summed E-state index contributed by atoms with van der Waals surface area (Å²) in [7, 11) is 1.46. The van der Waals surface area contributed by atoms with Gasteiger partial charge in [-0.25, -0.2) is 0 Å². The summed E-state index contributed by atoms with van der Waals surface area (Å²) in [5.41, 5.74) is 1.31. The smallest absolute Gasteiger partial charge is 0.263 e. The molecule has 0 aliphatic carbocycles. The fraction of sp³-hybridized carbons (Fsp3) is 0.105.